The molecule has 0 aliphatic carbocycles. The first-order valence-electron chi connectivity index (χ1n) is 13.9. The number of fused-ring (bicyclic) bond motifs is 5. The lowest BCUT2D eigenvalue weighted by Crippen LogP contribution is -2.55. The van der Waals surface area contributed by atoms with E-state index in [1.54, 1.807) is 18.2 Å². The number of methoxy groups -OCH3 is 1. The fourth-order valence-electron chi connectivity index (χ4n) is 5.02. The van der Waals surface area contributed by atoms with Crippen LogP contribution in [-0.2, 0) is 38.6 Å². The number of amides is 2. The fourth-order valence-corrected chi connectivity index (χ4v) is 5.02. The van der Waals surface area contributed by atoms with E-state index in [0.29, 0.717) is 36.4 Å². The quantitative estimate of drug-likeness (QED) is 0.368. The zero-order chi connectivity index (χ0) is 30.2. The number of likely N-dealkylation sites (N-methyl/N-ethyl adjacent to an activating group) is 1. The van der Waals surface area contributed by atoms with Gasteiger partial charge in [0, 0.05) is 19.9 Å². The molecule has 2 unspecified atom stereocenters. The number of carbonyl (C=O) groups is 3. The molecule has 4 bridgehead atoms. The Labute approximate surface area is 245 Å². The number of carbonyl (C=O) groups excluding carboxylic acids is 3. The number of nitrogens with zero attached hydrogens (tertiary/aromatic N) is 1. The van der Waals surface area contributed by atoms with E-state index in [9.17, 15) is 14.4 Å². The van der Waals surface area contributed by atoms with Gasteiger partial charge < -0.3 is 31.2 Å². The average Bonchev–Trinajstić information content (AvgIpc) is 3.00. The number of nitrogens with one attached hydrogen (secondary N) is 1. The maximum absolute atomic E-state index is 15.1. The van der Waals surface area contributed by atoms with Gasteiger partial charge in [-0.2, -0.15) is 0 Å². The largest absolute Gasteiger partial charge is 0.489 e. The Balaban J connectivity index is 1.79. The smallest absolute Gasteiger partial charge is 0.328 e. The molecule has 9 nitrogen and oxygen atoms in total. The Hall–Kier alpha value is -4.28. The molecule has 3 aromatic rings. The first-order valence-corrected chi connectivity index (χ1v) is 13.9. The standard InChI is InChI=1S/C32H37FN4O5/c1-37-28(32(40)41-2)18-23-15-21(10-12-25(23)33)22-11-13-29(42-19-20-7-4-3-5-8-20)24(16-22)17-26(35)30(38)36-27(31(37)39)9-6-14-34/h3-5,7-8,10-13,15-16,26-28H,6,9,14,17-19,34-35H2,1-2H3,(H,36,38)/t26?,27-,28?/m0/s1. The third-order valence-electron chi connectivity index (χ3n) is 7.47. The first kappa shape index (κ1) is 30.7. The summed E-state index contributed by atoms with van der Waals surface area (Å²) >= 11 is 0. The number of nitrogens with two attached hydrogens (primary N) is 2. The first-order chi connectivity index (χ1) is 20.2. The highest BCUT2D eigenvalue weighted by Gasteiger charge is 2.34. The SMILES string of the molecule is COC(=O)C1Cc2cc(ccc2F)-c2ccc(OCc3ccccc3)c(c2)CC(N)C(=O)N[C@@H](CCCN)C(=O)N1C. The van der Waals surface area contributed by atoms with E-state index in [4.69, 9.17) is 20.9 Å². The molecule has 1 aliphatic heterocycles. The molecule has 5 N–H and O–H groups in total. The van der Waals surface area contributed by atoms with Gasteiger partial charge in [-0.05, 0) is 71.5 Å². The van der Waals surface area contributed by atoms with Crippen LogP contribution in [0.25, 0.3) is 11.1 Å². The number of esters is 1. The van der Waals surface area contributed by atoms with E-state index in [2.05, 4.69) is 5.32 Å². The van der Waals surface area contributed by atoms with E-state index in [0.717, 1.165) is 11.1 Å². The molecule has 222 valence electrons. The van der Waals surface area contributed by atoms with E-state index in [1.807, 2.05) is 42.5 Å². The summed E-state index contributed by atoms with van der Waals surface area (Å²) in [6.07, 6.45) is 0.669. The molecule has 42 heavy (non-hydrogen) atoms. The van der Waals surface area contributed by atoms with Crippen LogP contribution in [-0.4, -0.2) is 61.5 Å². The average molecular weight is 577 g/mol. The van der Waals surface area contributed by atoms with Gasteiger partial charge >= 0.3 is 5.97 Å². The normalized spacial score (nSPS) is 19.4. The van der Waals surface area contributed by atoms with Gasteiger partial charge in [0.25, 0.3) is 0 Å². The second-order valence-electron chi connectivity index (χ2n) is 10.4. The summed E-state index contributed by atoms with van der Waals surface area (Å²) in [6, 6.07) is 16.7. The van der Waals surface area contributed by atoms with Gasteiger partial charge in [0.05, 0.1) is 13.2 Å². The maximum atomic E-state index is 15.1. The van der Waals surface area contributed by atoms with Crippen LogP contribution < -0.4 is 21.5 Å². The van der Waals surface area contributed by atoms with Crippen molar-refractivity contribution in [2.24, 2.45) is 11.5 Å². The Morgan fingerprint density at radius 2 is 1.71 bits per heavy atom. The highest BCUT2D eigenvalue weighted by molar-refractivity contribution is 5.92. The van der Waals surface area contributed by atoms with E-state index < -0.39 is 41.7 Å². The minimum absolute atomic E-state index is 0.121. The van der Waals surface area contributed by atoms with Crippen molar-refractivity contribution in [1.29, 1.82) is 0 Å². The second-order valence-corrected chi connectivity index (χ2v) is 10.4. The number of ether oxygens (including phenoxy) is 2. The number of hydrogen-bond acceptors (Lipinski definition) is 7. The van der Waals surface area contributed by atoms with Gasteiger partial charge in [0.15, 0.2) is 0 Å². The molecule has 3 atom stereocenters. The Kier molecular flexibility index (Phi) is 10.3. The Morgan fingerprint density at radius 1 is 1.02 bits per heavy atom. The number of halogens is 1. The van der Waals surface area contributed by atoms with E-state index in [-0.39, 0.29) is 24.8 Å². The van der Waals surface area contributed by atoms with Crippen molar-refractivity contribution in [2.45, 2.75) is 50.4 Å². The summed E-state index contributed by atoms with van der Waals surface area (Å²) < 4.78 is 26.2. The van der Waals surface area contributed by atoms with Crippen LogP contribution in [0.15, 0.2) is 66.7 Å². The van der Waals surface area contributed by atoms with Crippen molar-refractivity contribution in [2.75, 3.05) is 20.7 Å². The fraction of sp³-hybridized carbons (Fsp3) is 0.344. The van der Waals surface area contributed by atoms with Crippen LogP contribution in [0.4, 0.5) is 4.39 Å². The molecule has 4 rings (SSSR count). The molecule has 2 amide bonds. The number of benzene rings is 3. The molecule has 0 saturated carbocycles. The van der Waals surface area contributed by atoms with Gasteiger partial charge in [0.1, 0.15) is 30.3 Å². The molecule has 3 aromatic carbocycles. The summed E-state index contributed by atoms with van der Waals surface area (Å²) in [5, 5.41) is 2.75. The minimum Gasteiger partial charge on any atom is -0.489 e. The molecule has 0 saturated heterocycles. The summed E-state index contributed by atoms with van der Waals surface area (Å²) in [5.74, 6) is -1.73. The summed E-state index contributed by atoms with van der Waals surface area (Å²) in [4.78, 5) is 40.9. The molecule has 0 radical (unpaired) electrons. The number of rotatable bonds is 7. The van der Waals surface area contributed by atoms with Gasteiger partial charge in [-0.15, -0.1) is 0 Å². The predicted molar refractivity (Wildman–Crippen MR) is 157 cm³/mol. The highest BCUT2D eigenvalue weighted by atomic mass is 19.1. The molecule has 0 fully saturated rings. The zero-order valence-electron chi connectivity index (χ0n) is 23.8. The van der Waals surface area contributed by atoms with Gasteiger partial charge in [-0.25, -0.2) is 9.18 Å². The lowest BCUT2D eigenvalue weighted by molar-refractivity contribution is -0.152. The van der Waals surface area contributed by atoms with E-state index >= 15 is 4.39 Å². The lowest BCUT2D eigenvalue weighted by Gasteiger charge is -2.30. The summed E-state index contributed by atoms with van der Waals surface area (Å²) in [5.41, 5.74) is 15.4. The monoisotopic (exact) mass is 576 g/mol. The van der Waals surface area contributed by atoms with E-state index in [1.165, 1.54) is 25.1 Å². The van der Waals surface area contributed by atoms with Crippen LogP contribution in [0.3, 0.4) is 0 Å². The van der Waals surface area contributed by atoms with Crippen molar-refractivity contribution >= 4 is 17.8 Å². The van der Waals surface area contributed by atoms with Crippen molar-refractivity contribution in [3.05, 3.63) is 89.2 Å². The summed E-state index contributed by atoms with van der Waals surface area (Å²) in [6.45, 7) is 0.606. The van der Waals surface area contributed by atoms with Crippen LogP contribution in [0.5, 0.6) is 5.75 Å². The highest BCUT2D eigenvalue weighted by Crippen LogP contribution is 2.30. The third kappa shape index (κ3) is 7.32. The van der Waals surface area contributed by atoms with Crippen LogP contribution >= 0.6 is 0 Å². The van der Waals surface area contributed by atoms with Crippen molar-refractivity contribution in [3.63, 3.8) is 0 Å². The second kappa shape index (κ2) is 14.1. The van der Waals surface area contributed by atoms with Gasteiger partial charge in [-0.1, -0.05) is 42.5 Å². The topological polar surface area (TPSA) is 137 Å². The molecular formula is C32H37FN4O5. The molecule has 1 aliphatic rings. The molecule has 0 spiro atoms. The summed E-state index contributed by atoms with van der Waals surface area (Å²) in [7, 11) is 2.64. The third-order valence-corrected chi connectivity index (χ3v) is 7.47. The lowest BCUT2D eigenvalue weighted by atomic mass is 9.95. The molecule has 0 aromatic heterocycles. The minimum atomic E-state index is -1.13. The molecule has 1 heterocycles. The Morgan fingerprint density at radius 3 is 2.40 bits per heavy atom. The molecule has 10 heteroatoms. The van der Waals surface area contributed by atoms with Gasteiger partial charge in [-0.3, -0.25) is 9.59 Å². The zero-order valence-corrected chi connectivity index (χ0v) is 23.8. The predicted octanol–water partition coefficient (Wildman–Crippen LogP) is 2.72. The van der Waals surface area contributed by atoms with Gasteiger partial charge in [0.2, 0.25) is 11.8 Å². The van der Waals surface area contributed by atoms with Crippen molar-refractivity contribution < 1.29 is 28.2 Å². The van der Waals surface area contributed by atoms with Crippen molar-refractivity contribution in [1.82, 2.24) is 10.2 Å². The number of hydrogen-bond donors (Lipinski definition) is 3. The maximum Gasteiger partial charge on any atom is 0.328 e. The van der Waals surface area contributed by atoms with Crippen LogP contribution in [0.1, 0.15) is 29.5 Å². The molecular weight excluding hydrogens is 539 g/mol. The Bertz CT molecular complexity index is 1420. The van der Waals surface area contributed by atoms with Crippen LogP contribution in [0, 0.1) is 5.82 Å². The van der Waals surface area contributed by atoms with Crippen LogP contribution in [0.2, 0.25) is 0 Å². The van der Waals surface area contributed by atoms with Crippen molar-refractivity contribution in [3.8, 4) is 16.9 Å².